The number of benzene rings is 2. The van der Waals surface area contributed by atoms with E-state index in [1.807, 2.05) is 30.3 Å². The van der Waals surface area contributed by atoms with Crippen LogP contribution < -0.4 is 10.0 Å². The van der Waals surface area contributed by atoms with Crippen molar-refractivity contribution in [1.82, 2.24) is 10.0 Å². The maximum absolute atomic E-state index is 12.3. The minimum absolute atomic E-state index is 0.275. The van der Waals surface area contributed by atoms with Crippen LogP contribution in [-0.4, -0.2) is 8.42 Å². The second-order valence-corrected chi connectivity index (χ2v) is 7.67. The van der Waals surface area contributed by atoms with Crippen LogP contribution in [0.5, 0.6) is 0 Å². The van der Waals surface area contributed by atoms with Gasteiger partial charge in [-0.3, -0.25) is 0 Å². The zero-order chi connectivity index (χ0) is 14.9. The highest BCUT2D eigenvalue weighted by Crippen LogP contribution is 2.20. The largest absolute Gasteiger partial charge is 0.309 e. The molecule has 1 heterocycles. The van der Waals surface area contributed by atoms with E-state index in [0.717, 1.165) is 28.7 Å². The molecule has 2 aromatic rings. The molecule has 0 atom stereocenters. The molecule has 0 aromatic heterocycles. The molecule has 2 aromatic carbocycles. The molecule has 6 heteroatoms. The van der Waals surface area contributed by atoms with E-state index in [4.69, 9.17) is 0 Å². The lowest BCUT2D eigenvalue weighted by Crippen LogP contribution is -2.23. The summed E-state index contributed by atoms with van der Waals surface area (Å²) in [5, 5.41) is 3.21. The van der Waals surface area contributed by atoms with Crippen LogP contribution in [0.4, 0.5) is 0 Å². The van der Waals surface area contributed by atoms with Crippen LogP contribution in [-0.2, 0) is 29.7 Å². The second kappa shape index (κ2) is 5.88. The Balaban J connectivity index is 1.78. The summed E-state index contributed by atoms with van der Waals surface area (Å²) in [6, 6.07) is 12.9. The van der Waals surface area contributed by atoms with Gasteiger partial charge in [-0.15, -0.1) is 0 Å². The van der Waals surface area contributed by atoms with Gasteiger partial charge in [-0.05, 0) is 41.0 Å². The Morgan fingerprint density at radius 1 is 1.10 bits per heavy atom. The third kappa shape index (κ3) is 3.35. The van der Waals surface area contributed by atoms with E-state index < -0.39 is 10.0 Å². The predicted molar refractivity (Wildman–Crippen MR) is 85.2 cm³/mol. The van der Waals surface area contributed by atoms with Gasteiger partial charge in [0.15, 0.2) is 0 Å². The van der Waals surface area contributed by atoms with Crippen LogP contribution in [0.3, 0.4) is 0 Å². The molecule has 0 amide bonds. The topological polar surface area (TPSA) is 58.2 Å². The van der Waals surface area contributed by atoms with E-state index in [2.05, 4.69) is 26.0 Å². The lowest BCUT2D eigenvalue weighted by Gasteiger charge is -2.08. The summed E-state index contributed by atoms with van der Waals surface area (Å²) in [6.07, 6.45) is 0. The van der Waals surface area contributed by atoms with Crippen molar-refractivity contribution in [2.24, 2.45) is 0 Å². The Morgan fingerprint density at radius 3 is 2.71 bits per heavy atom. The molecule has 3 rings (SSSR count). The first-order chi connectivity index (χ1) is 10.0. The fourth-order valence-electron chi connectivity index (χ4n) is 2.35. The molecular weight excluding hydrogens is 352 g/mol. The summed E-state index contributed by atoms with van der Waals surface area (Å²) in [4.78, 5) is 0.319. The summed E-state index contributed by atoms with van der Waals surface area (Å²) in [6.45, 7) is 1.81. The zero-order valence-electron chi connectivity index (χ0n) is 11.3. The van der Waals surface area contributed by atoms with Crippen LogP contribution in [0.2, 0.25) is 0 Å². The third-order valence-corrected chi connectivity index (χ3v) is 5.37. The first-order valence-corrected chi connectivity index (χ1v) is 8.89. The molecule has 21 heavy (non-hydrogen) atoms. The Bertz CT molecular complexity index is 775. The second-order valence-electron chi connectivity index (χ2n) is 4.99. The number of rotatable bonds is 4. The van der Waals surface area contributed by atoms with Gasteiger partial charge in [0.25, 0.3) is 0 Å². The van der Waals surface area contributed by atoms with Crippen molar-refractivity contribution in [3.63, 3.8) is 0 Å². The molecule has 4 nitrogen and oxygen atoms in total. The fraction of sp³-hybridized carbons (Fsp3) is 0.200. The third-order valence-electron chi connectivity index (χ3n) is 3.47. The standard InChI is InChI=1S/C15H15BrN2O2S/c16-14-3-1-2-11(6-14)8-18-21(19,20)15-5-4-12-9-17-10-13(12)7-15/h1-7,17-18H,8-10H2. The molecule has 1 aliphatic heterocycles. The van der Waals surface area contributed by atoms with E-state index >= 15 is 0 Å². The van der Waals surface area contributed by atoms with Crippen molar-refractivity contribution in [2.75, 3.05) is 0 Å². The quantitative estimate of drug-likeness (QED) is 0.873. The Kier molecular flexibility index (Phi) is 4.12. The highest BCUT2D eigenvalue weighted by atomic mass is 79.9. The molecule has 0 radical (unpaired) electrons. The molecular formula is C15H15BrN2O2S. The van der Waals surface area contributed by atoms with E-state index in [0.29, 0.717) is 4.90 Å². The minimum atomic E-state index is -3.49. The van der Waals surface area contributed by atoms with Crippen molar-refractivity contribution in [1.29, 1.82) is 0 Å². The van der Waals surface area contributed by atoms with Gasteiger partial charge in [0.1, 0.15) is 0 Å². The van der Waals surface area contributed by atoms with E-state index in [-0.39, 0.29) is 6.54 Å². The fourth-order valence-corrected chi connectivity index (χ4v) is 3.86. The van der Waals surface area contributed by atoms with E-state index in [1.165, 1.54) is 5.56 Å². The summed E-state index contributed by atoms with van der Waals surface area (Å²) in [5.74, 6) is 0. The number of hydrogen-bond acceptors (Lipinski definition) is 3. The van der Waals surface area contributed by atoms with E-state index in [9.17, 15) is 8.42 Å². The highest BCUT2D eigenvalue weighted by molar-refractivity contribution is 9.10. The Labute approximate surface area is 132 Å². The van der Waals surface area contributed by atoms with Gasteiger partial charge >= 0.3 is 0 Å². The SMILES string of the molecule is O=S(=O)(NCc1cccc(Br)c1)c1ccc2c(c1)CNC2. The van der Waals surface area contributed by atoms with Gasteiger partial charge in [0.2, 0.25) is 10.0 Å². The Hall–Kier alpha value is -1.21. The monoisotopic (exact) mass is 366 g/mol. The van der Waals surface area contributed by atoms with Gasteiger partial charge < -0.3 is 5.32 Å². The average Bonchev–Trinajstić information content (AvgIpc) is 2.93. The minimum Gasteiger partial charge on any atom is -0.309 e. The summed E-state index contributed by atoms with van der Waals surface area (Å²) in [5.41, 5.74) is 3.14. The lowest BCUT2D eigenvalue weighted by molar-refractivity contribution is 0.581. The van der Waals surface area contributed by atoms with Crippen molar-refractivity contribution in [2.45, 2.75) is 24.5 Å². The van der Waals surface area contributed by atoms with Crippen molar-refractivity contribution in [3.05, 3.63) is 63.6 Å². The molecule has 0 unspecified atom stereocenters. The number of nitrogens with one attached hydrogen (secondary N) is 2. The lowest BCUT2D eigenvalue weighted by atomic mass is 10.1. The number of fused-ring (bicyclic) bond motifs is 1. The average molecular weight is 367 g/mol. The first kappa shape index (κ1) is 14.7. The van der Waals surface area contributed by atoms with Gasteiger partial charge in [0, 0.05) is 24.1 Å². The van der Waals surface area contributed by atoms with Crippen LogP contribution in [0.15, 0.2) is 51.8 Å². The van der Waals surface area contributed by atoms with Gasteiger partial charge in [-0.1, -0.05) is 34.1 Å². The molecule has 0 spiro atoms. The smallest absolute Gasteiger partial charge is 0.240 e. The van der Waals surface area contributed by atoms with Crippen LogP contribution in [0.1, 0.15) is 16.7 Å². The van der Waals surface area contributed by atoms with Crippen LogP contribution in [0, 0.1) is 0 Å². The molecule has 0 aliphatic carbocycles. The number of sulfonamides is 1. The molecule has 2 N–H and O–H groups in total. The van der Waals surface area contributed by atoms with Crippen molar-refractivity contribution >= 4 is 26.0 Å². The molecule has 0 fully saturated rings. The molecule has 1 aliphatic rings. The maximum atomic E-state index is 12.3. The first-order valence-electron chi connectivity index (χ1n) is 6.61. The van der Waals surface area contributed by atoms with Crippen LogP contribution in [0.25, 0.3) is 0 Å². The molecule has 0 saturated carbocycles. The molecule has 0 bridgehead atoms. The van der Waals surface area contributed by atoms with Gasteiger partial charge in [-0.2, -0.15) is 0 Å². The van der Waals surface area contributed by atoms with Gasteiger partial charge in [-0.25, -0.2) is 13.1 Å². The molecule has 0 saturated heterocycles. The normalized spacial score (nSPS) is 14.1. The zero-order valence-corrected chi connectivity index (χ0v) is 13.7. The maximum Gasteiger partial charge on any atom is 0.240 e. The summed E-state index contributed by atoms with van der Waals surface area (Å²) in [7, 11) is -3.49. The molecule has 110 valence electrons. The number of hydrogen-bond donors (Lipinski definition) is 2. The van der Waals surface area contributed by atoms with Crippen molar-refractivity contribution in [3.8, 4) is 0 Å². The summed E-state index contributed by atoms with van der Waals surface area (Å²) >= 11 is 3.38. The number of halogens is 1. The van der Waals surface area contributed by atoms with Crippen molar-refractivity contribution < 1.29 is 8.42 Å². The highest BCUT2D eigenvalue weighted by Gasteiger charge is 2.17. The van der Waals surface area contributed by atoms with Crippen LogP contribution >= 0.6 is 15.9 Å². The van der Waals surface area contributed by atoms with Gasteiger partial charge in [0.05, 0.1) is 4.90 Å². The Morgan fingerprint density at radius 2 is 1.90 bits per heavy atom. The predicted octanol–water partition coefficient (Wildman–Crippen LogP) is 2.53. The summed E-state index contributed by atoms with van der Waals surface area (Å²) < 4.78 is 28.3. The van der Waals surface area contributed by atoms with E-state index in [1.54, 1.807) is 12.1 Å².